The summed E-state index contributed by atoms with van der Waals surface area (Å²) in [6, 6.07) is 14.4. The van der Waals surface area contributed by atoms with E-state index >= 15 is 0 Å². The molecule has 0 unspecified atom stereocenters. The monoisotopic (exact) mass is 429 g/mol. The number of hydrogen-bond acceptors (Lipinski definition) is 5. The summed E-state index contributed by atoms with van der Waals surface area (Å²) in [5.41, 5.74) is 2.39. The lowest BCUT2D eigenvalue weighted by molar-refractivity contribution is 0.181. The molecule has 4 rings (SSSR count). The predicted molar refractivity (Wildman–Crippen MR) is 116 cm³/mol. The Balaban J connectivity index is 1.42. The van der Waals surface area contributed by atoms with Crippen LogP contribution in [0, 0.1) is 0 Å². The first-order chi connectivity index (χ1) is 14.3. The third kappa shape index (κ3) is 4.29. The van der Waals surface area contributed by atoms with Gasteiger partial charge in [-0.1, -0.05) is 12.1 Å². The van der Waals surface area contributed by atoms with E-state index in [1.54, 1.807) is 12.1 Å². The minimum Gasteiger partial charge on any atom is -0.447 e. The van der Waals surface area contributed by atoms with Gasteiger partial charge in [0.05, 0.1) is 11.4 Å². The van der Waals surface area contributed by atoms with Gasteiger partial charge in [-0.15, -0.1) is 0 Å². The summed E-state index contributed by atoms with van der Waals surface area (Å²) < 4.78 is 33.0. The maximum atomic E-state index is 12.7. The molecule has 2 heterocycles. The van der Waals surface area contributed by atoms with Crippen molar-refractivity contribution in [1.82, 2.24) is 4.90 Å². The summed E-state index contributed by atoms with van der Waals surface area (Å²) in [7, 11) is -3.71. The largest absolute Gasteiger partial charge is 0.447 e. The van der Waals surface area contributed by atoms with E-state index in [0.717, 1.165) is 19.5 Å². The zero-order valence-corrected chi connectivity index (χ0v) is 18.1. The number of sulfonamides is 1. The van der Waals surface area contributed by atoms with Gasteiger partial charge < -0.3 is 9.64 Å². The number of cyclic esters (lactones) is 1. The van der Waals surface area contributed by atoms with Crippen LogP contribution in [-0.2, 0) is 14.8 Å². The van der Waals surface area contributed by atoms with Gasteiger partial charge in [0, 0.05) is 24.0 Å². The number of nitrogens with zero attached hydrogens (tertiary/aromatic N) is 2. The second-order valence-electron chi connectivity index (χ2n) is 8.06. The molecule has 0 aliphatic carbocycles. The van der Waals surface area contributed by atoms with E-state index in [1.807, 2.05) is 24.3 Å². The molecule has 0 aromatic heterocycles. The zero-order chi connectivity index (χ0) is 21.3. The minimum atomic E-state index is -3.71. The molecule has 1 amide bonds. The summed E-state index contributed by atoms with van der Waals surface area (Å²) in [6.07, 6.45) is 0.711. The Kier molecular flexibility index (Phi) is 5.71. The molecular formula is C22H27N3O4S. The summed E-state index contributed by atoms with van der Waals surface area (Å²) >= 11 is 0. The minimum absolute atomic E-state index is 0.145. The van der Waals surface area contributed by atoms with Gasteiger partial charge in [0.15, 0.2) is 0 Å². The van der Waals surface area contributed by atoms with E-state index < -0.39 is 16.1 Å². The zero-order valence-electron chi connectivity index (χ0n) is 17.2. The highest BCUT2D eigenvalue weighted by Gasteiger charge is 2.26. The molecule has 30 heavy (non-hydrogen) atoms. The molecule has 0 spiro atoms. The lowest BCUT2D eigenvalue weighted by Crippen LogP contribution is -2.27. The van der Waals surface area contributed by atoms with Crippen LogP contribution >= 0.6 is 0 Å². The van der Waals surface area contributed by atoms with Gasteiger partial charge in [-0.25, -0.2) is 13.2 Å². The van der Waals surface area contributed by atoms with Crippen LogP contribution in [0.2, 0.25) is 0 Å². The van der Waals surface area contributed by atoms with E-state index in [9.17, 15) is 13.2 Å². The summed E-state index contributed by atoms with van der Waals surface area (Å²) in [6.45, 7) is 7.37. The maximum absolute atomic E-state index is 12.7. The normalized spacial score (nSPS) is 20.0. The van der Waals surface area contributed by atoms with Crippen molar-refractivity contribution in [3.8, 4) is 0 Å². The Hall–Kier alpha value is -2.58. The van der Waals surface area contributed by atoms with Crippen molar-refractivity contribution >= 4 is 27.5 Å². The van der Waals surface area contributed by atoms with E-state index in [-0.39, 0.29) is 4.90 Å². The van der Waals surface area contributed by atoms with Gasteiger partial charge in [-0.2, -0.15) is 0 Å². The number of ether oxygens (including phenoxy) is 1. The number of carbonyl (C=O) groups is 1. The fraction of sp³-hybridized carbons (Fsp3) is 0.409. The van der Waals surface area contributed by atoms with E-state index in [1.165, 1.54) is 22.6 Å². The van der Waals surface area contributed by atoms with Crippen molar-refractivity contribution in [2.75, 3.05) is 35.9 Å². The average Bonchev–Trinajstić information content (AvgIpc) is 3.38. The lowest BCUT2D eigenvalue weighted by Gasteiger charge is -2.20. The van der Waals surface area contributed by atoms with E-state index in [4.69, 9.17) is 4.74 Å². The fourth-order valence-corrected chi connectivity index (χ4v) is 5.06. The molecule has 0 radical (unpaired) electrons. The molecule has 7 nitrogen and oxygen atoms in total. The number of carbonyl (C=O) groups excluding carboxylic acids is 1. The number of rotatable bonds is 6. The summed E-state index contributed by atoms with van der Waals surface area (Å²) in [5, 5.41) is 0. The molecule has 160 valence electrons. The number of benzene rings is 2. The molecule has 8 heteroatoms. The Morgan fingerprint density at radius 3 is 2.30 bits per heavy atom. The lowest BCUT2D eigenvalue weighted by atomic mass is 9.98. The van der Waals surface area contributed by atoms with Crippen molar-refractivity contribution in [2.24, 2.45) is 0 Å². The van der Waals surface area contributed by atoms with Crippen molar-refractivity contribution in [3.63, 3.8) is 0 Å². The standard InChI is InChI=1S/C22H27N3O4S/c1-16(2)24-12-11-18(15-24)17-3-5-19(6-4-17)23-30(27,28)21-9-7-20(8-10-21)25-13-14-29-22(25)26/h3-10,16,18,23H,11-15H2,1-2H3/t18-/m1/s1. The van der Waals surface area contributed by atoms with Crippen LogP contribution in [0.4, 0.5) is 16.2 Å². The van der Waals surface area contributed by atoms with Crippen LogP contribution in [-0.4, -0.2) is 51.7 Å². The fourth-order valence-electron chi connectivity index (χ4n) is 4.00. The highest BCUT2D eigenvalue weighted by molar-refractivity contribution is 7.92. The van der Waals surface area contributed by atoms with Crippen LogP contribution in [0.5, 0.6) is 0 Å². The summed E-state index contributed by atoms with van der Waals surface area (Å²) in [5.74, 6) is 0.489. The molecule has 2 aromatic carbocycles. The first-order valence-corrected chi connectivity index (χ1v) is 11.7. The number of nitrogens with one attached hydrogen (secondary N) is 1. The maximum Gasteiger partial charge on any atom is 0.414 e. The van der Waals surface area contributed by atoms with Crippen LogP contribution < -0.4 is 9.62 Å². The first kappa shape index (κ1) is 20.7. The van der Waals surface area contributed by atoms with Crippen LogP contribution in [0.1, 0.15) is 31.7 Å². The molecule has 0 saturated carbocycles. The molecule has 0 bridgehead atoms. The second-order valence-corrected chi connectivity index (χ2v) is 9.74. The van der Waals surface area contributed by atoms with Crippen molar-refractivity contribution < 1.29 is 17.9 Å². The SMILES string of the molecule is CC(C)N1CC[C@@H](c2ccc(NS(=O)(=O)c3ccc(N4CCOC4=O)cc3)cc2)C1. The molecule has 2 aliphatic heterocycles. The second kappa shape index (κ2) is 8.28. The van der Waals surface area contributed by atoms with Crippen LogP contribution in [0.3, 0.4) is 0 Å². The average molecular weight is 430 g/mol. The van der Waals surface area contributed by atoms with Gasteiger partial charge in [0.2, 0.25) is 0 Å². The van der Waals surface area contributed by atoms with Crippen molar-refractivity contribution in [1.29, 1.82) is 0 Å². The molecule has 2 saturated heterocycles. The Labute approximate surface area is 177 Å². The summed E-state index contributed by atoms with van der Waals surface area (Å²) in [4.78, 5) is 15.7. The molecule has 1 atom stereocenters. The van der Waals surface area contributed by atoms with Gasteiger partial charge in [-0.3, -0.25) is 9.62 Å². The van der Waals surface area contributed by atoms with Gasteiger partial charge in [-0.05, 0) is 74.7 Å². The van der Waals surface area contributed by atoms with Gasteiger partial charge in [0.25, 0.3) is 10.0 Å². The Morgan fingerprint density at radius 2 is 1.73 bits per heavy atom. The number of likely N-dealkylation sites (tertiary alicyclic amines) is 1. The molecular weight excluding hydrogens is 402 g/mol. The van der Waals surface area contributed by atoms with Crippen LogP contribution in [0.25, 0.3) is 0 Å². The van der Waals surface area contributed by atoms with E-state index in [2.05, 4.69) is 23.5 Å². The quantitative estimate of drug-likeness (QED) is 0.758. The van der Waals surface area contributed by atoms with Gasteiger partial charge >= 0.3 is 6.09 Å². The number of anilines is 2. The predicted octanol–water partition coefficient (Wildman–Crippen LogP) is 3.64. The third-order valence-electron chi connectivity index (χ3n) is 5.80. The van der Waals surface area contributed by atoms with Gasteiger partial charge in [0.1, 0.15) is 6.61 Å². The highest BCUT2D eigenvalue weighted by atomic mass is 32.2. The Morgan fingerprint density at radius 1 is 1.03 bits per heavy atom. The molecule has 2 aliphatic rings. The number of hydrogen-bond donors (Lipinski definition) is 1. The number of amides is 1. The van der Waals surface area contributed by atoms with E-state index in [0.29, 0.717) is 36.5 Å². The third-order valence-corrected chi connectivity index (χ3v) is 7.20. The molecule has 2 aromatic rings. The topological polar surface area (TPSA) is 79.0 Å². The highest BCUT2D eigenvalue weighted by Crippen LogP contribution is 2.29. The Bertz CT molecular complexity index is 1000. The van der Waals surface area contributed by atoms with Crippen LogP contribution in [0.15, 0.2) is 53.4 Å². The first-order valence-electron chi connectivity index (χ1n) is 10.2. The smallest absolute Gasteiger partial charge is 0.414 e. The molecule has 1 N–H and O–H groups in total. The molecule has 2 fully saturated rings. The van der Waals surface area contributed by atoms with Crippen molar-refractivity contribution in [2.45, 2.75) is 37.1 Å². The van der Waals surface area contributed by atoms with Crippen molar-refractivity contribution in [3.05, 3.63) is 54.1 Å².